The zero-order valence-electron chi connectivity index (χ0n) is 31.0. The van der Waals surface area contributed by atoms with E-state index in [0.29, 0.717) is 38.6 Å². The highest BCUT2D eigenvalue weighted by Crippen LogP contribution is 2.46. The third-order valence-corrected chi connectivity index (χ3v) is 9.73. The number of hydrogen-bond donors (Lipinski definition) is 4. The lowest BCUT2D eigenvalue weighted by atomic mass is 9.93. The number of carbonyl (C=O) groups excluding carboxylic acids is 1. The van der Waals surface area contributed by atoms with Gasteiger partial charge in [-0.1, -0.05) is 31.9 Å². The smallest absolute Gasteiger partial charge is 0.375 e. The number of aryl methyl sites for hydroxylation is 1. The summed E-state index contributed by atoms with van der Waals surface area (Å²) in [7, 11) is 0.144. The number of nitrogens with one attached hydrogen (secondary N) is 3. The minimum absolute atomic E-state index is 0.0448. The molecule has 4 heterocycles. The predicted octanol–water partition coefficient (Wildman–Crippen LogP) is 5.68. The molecule has 57 heavy (non-hydrogen) atoms. The first kappa shape index (κ1) is 41.3. The summed E-state index contributed by atoms with van der Waals surface area (Å²) in [5.74, 6) is -0.753. The van der Waals surface area contributed by atoms with E-state index in [4.69, 9.17) is 4.98 Å². The average molecular weight is 819 g/mol. The molecule has 1 aliphatic heterocycles. The summed E-state index contributed by atoms with van der Waals surface area (Å²) in [6.07, 6.45) is -5.46. The van der Waals surface area contributed by atoms with Gasteiger partial charge in [0.1, 0.15) is 40.6 Å². The van der Waals surface area contributed by atoms with Gasteiger partial charge in [-0.15, -0.1) is 0 Å². The van der Waals surface area contributed by atoms with E-state index in [2.05, 4.69) is 37.4 Å². The van der Waals surface area contributed by atoms with Gasteiger partial charge in [-0.2, -0.15) is 32.1 Å². The standard InChI is InChI=1S/C36H31F7N8O3S.C2H6/c1-50-30-24(4-3-5-25(30)33(48-50)49-55(2)54)23-7-6-22(8-10-34(53)17-44-18-34)45-29(23)27(14-19-12-20(37)15-21(38)13-19)46-28(52)16-51-32-26(9-11-35(32,39)40)31(47-51)36(41,42)43;1-2/h3-7,12-13,15,27,44,53H,9,11,14,16-18H2,1-2H3,(H,46,52)(H,48,49);1-2H3/t27-,55?;/m0./s1. The van der Waals surface area contributed by atoms with E-state index in [9.17, 15) is 44.8 Å². The number of alkyl halides is 5. The Bertz CT molecular complexity index is 2410. The first-order valence-corrected chi connectivity index (χ1v) is 19.3. The number of para-hydroxylation sites is 1. The Balaban J connectivity index is 0.00000270. The van der Waals surface area contributed by atoms with E-state index in [0.717, 1.165) is 12.1 Å². The molecule has 2 atom stereocenters. The third kappa shape index (κ3) is 8.67. The number of pyridine rings is 1. The summed E-state index contributed by atoms with van der Waals surface area (Å²) in [5, 5.41) is 24.5. The largest absolute Gasteiger partial charge is 0.435 e. The van der Waals surface area contributed by atoms with Crippen LogP contribution in [0.25, 0.3) is 22.0 Å². The van der Waals surface area contributed by atoms with Crippen molar-refractivity contribution in [3.8, 4) is 23.0 Å². The quantitative estimate of drug-likeness (QED) is 0.111. The maximum atomic E-state index is 14.9. The van der Waals surface area contributed by atoms with E-state index < -0.39 is 88.6 Å². The Labute approximate surface area is 324 Å². The van der Waals surface area contributed by atoms with Crippen LogP contribution in [0.1, 0.15) is 60.2 Å². The van der Waals surface area contributed by atoms with Crippen LogP contribution in [0.5, 0.6) is 0 Å². The van der Waals surface area contributed by atoms with Gasteiger partial charge in [0.2, 0.25) is 5.91 Å². The summed E-state index contributed by atoms with van der Waals surface area (Å²) < 4.78 is 117. The van der Waals surface area contributed by atoms with Crippen molar-refractivity contribution in [3.63, 3.8) is 0 Å². The van der Waals surface area contributed by atoms with Crippen LogP contribution in [0, 0.1) is 23.5 Å². The Morgan fingerprint density at radius 3 is 2.40 bits per heavy atom. The summed E-state index contributed by atoms with van der Waals surface area (Å²) >= 11 is 0. The SMILES string of the molecule is CC.Cn1nc(NS(C)=O)c2cccc(-c3ccc(C#CC4(O)CNC4)nc3[C@H](Cc3cc(F)cc(F)c3)NC(=O)Cn3nc(C(F)(F)F)c4c3C(F)(F)CC4)c21. The van der Waals surface area contributed by atoms with Crippen molar-refractivity contribution in [2.24, 2.45) is 7.05 Å². The second-order valence-corrected chi connectivity index (χ2v) is 14.5. The lowest BCUT2D eigenvalue weighted by molar-refractivity contribution is -0.142. The Morgan fingerprint density at radius 2 is 1.77 bits per heavy atom. The van der Waals surface area contributed by atoms with Gasteiger partial charge in [0.15, 0.2) is 17.1 Å². The molecule has 3 aromatic heterocycles. The zero-order valence-corrected chi connectivity index (χ0v) is 31.8. The number of anilines is 1. The number of β-amino-alcohol motifs (C(OH)–C–C–N with tert-alkyl or cyclic N) is 1. The van der Waals surface area contributed by atoms with Crippen LogP contribution < -0.4 is 15.4 Å². The summed E-state index contributed by atoms with van der Waals surface area (Å²) in [4.78, 5) is 18.5. The van der Waals surface area contributed by atoms with Crippen LogP contribution in [0.4, 0.5) is 36.6 Å². The number of rotatable bonds is 9. The second-order valence-electron chi connectivity index (χ2n) is 13.4. The molecule has 19 heteroatoms. The van der Waals surface area contributed by atoms with Crippen LogP contribution >= 0.6 is 0 Å². The van der Waals surface area contributed by atoms with Crippen molar-refractivity contribution < 1.29 is 44.8 Å². The van der Waals surface area contributed by atoms with E-state index in [1.807, 2.05) is 13.8 Å². The zero-order chi connectivity index (χ0) is 41.4. The molecule has 1 saturated heterocycles. The molecule has 2 aliphatic rings. The van der Waals surface area contributed by atoms with Gasteiger partial charge in [0, 0.05) is 61.0 Å². The molecule has 0 spiro atoms. The summed E-state index contributed by atoms with van der Waals surface area (Å²) in [5.41, 5.74) is -2.98. The third-order valence-electron chi connectivity index (χ3n) is 9.25. The second kappa shape index (κ2) is 15.9. The number of carbonyl (C=O) groups is 1. The van der Waals surface area contributed by atoms with Crippen molar-refractivity contribution >= 4 is 33.6 Å². The van der Waals surface area contributed by atoms with Gasteiger partial charge in [0.25, 0.3) is 5.92 Å². The van der Waals surface area contributed by atoms with Crippen LogP contribution in [-0.2, 0) is 54.3 Å². The van der Waals surface area contributed by atoms with Gasteiger partial charge in [-0.25, -0.2) is 18.0 Å². The Morgan fingerprint density at radius 1 is 1.07 bits per heavy atom. The summed E-state index contributed by atoms with van der Waals surface area (Å²) in [6, 6.07) is 9.66. The van der Waals surface area contributed by atoms with Crippen LogP contribution in [0.2, 0.25) is 0 Å². The highest BCUT2D eigenvalue weighted by Gasteiger charge is 2.50. The molecule has 1 fully saturated rings. The van der Waals surface area contributed by atoms with E-state index >= 15 is 0 Å². The minimum atomic E-state index is -5.06. The fourth-order valence-electron chi connectivity index (χ4n) is 6.88. The molecule has 11 nitrogen and oxygen atoms in total. The monoisotopic (exact) mass is 818 g/mol. The summed E-state index contributed by atoms with van der Waals surface area (Å²) in [6.45, 7) is 3.34. The lowest BCUT2D eigenvalue weighted by Gasteiger charge is -2.32. The number of halogens is 7. The molecule has 5 aromatic rings. The van der Waals surface area contributed by atoms with Crippen LogP contribution in [-0.4, -0.2) is 64.7 Å². The molecule has 7 rings (SSSR count). The van der Waals surface area contributed by atoms with E-state index in [-0.39, 0.29) is 36.5 Å². The number of aromatic nitrogens is 5. The molecular weight excluding hydrogens is 782 g/mol. The van der Waals surface area contributed by atoms with Crippen LogP contribution in [0.3, 0.4) is 0 Å². The van der Waals surface area contributed by atoms with Crippen molar-refractivity contribution in [2.45, 2.75) is 63.4 Å². The van der Waals surface area contributed by atoms with Crippen LogP contribution in [0.15, 0.2) is 48.5 Å². The number of nitrogens with zero attached hydrogens (tertiary/aromatic N) is 5. The number of benzene rings is 2. The first-order chi connectivity index (χ1) is 26.9. The highest BCUT2D eigenvalue weighted by molar-refractivity contribution is 7.85. The van der Waals surface area contributed by atoms with Crippen molar-refractivity contribution in [1.82, 2.24) is 35.2 Å². The van der Waals surface area contributed by atoms with Gasteiger partial charge in [0.05, 0.1) is 17.3 Å². The molecule has 0 bridgehead atoms. The highest BCUT2D eigenvalue weighted by atomic mass is 32.2. The molecular formula is C38H37F7N8O3S. The predicted molar refractivity (Wildman–Crippen MR) is 198 cm³/mol. The number of amides is 1. The van der Waals surface area contributed by atoms with E-state index in [1.54, 1.807) is 37.4 Å². The fourth-order valence-corrected chi connectivity index (χ4v) is 7.30. The molecule has 1 amide bonds. The molecule has 2 aromatic carbocycles. The maximum absolute atomic E-state index is 14.9. The van der Waals surface area contributed by atoms with Gasteiger partial charge >= 0.3 is 6.18 Å². The van der Waals surface area contributed by atoms with Crippen molar-refractivity contribution in [2.75, 3.05) is 24.1 Å². The molecule has 1 aliphatic carbocycles. The number of hydrogen-bond acceptors (Lipinski definition) is 7. The normalized spacial score (nSPS) is 16.4. The Hall–Kier alpha value is -5.32. The number of aliphatic hydroxyl groups is 1. The Kier molecular flexibility index (Phi) is 11.5. The fraction of sp³-hybridized carbons (Fsp3) is 0.368. The van der Waals surface area contributed by atoms with Crippen molar-refractivity contribution in [1.29, 1.82) is 0 Å². The first-order valence-electron chi connectivity index (χ1n) is 17.7. The van der Waals surface area contributed by atoms with Crippen molar-refractivity contribution in [3.05, 3.63) is 94.1 Å². The average Bonchev–Trinajstić information content (AvgIpc) is 3.77. The molecule has 0 radical (unpaired) electrons. The molecule has 4 N–H and O–H groups in total. The lowest BCUT2D eigenvalue weighted by Crippen LogP contribution is -2.58. The van der Waals surface area contributed by atoms with Gasteiger partial charge < -0.3 is 15.7 Å². The topological polar surface area (TPSA) is 139 Å². The minimum Gasteiger partial charge on any atom is -0.375 e. The van der Waals surface area contributed by atoms with Gasteiger partial charge in [-0.3, -0.25) is 18.9 Å². The maximum Gasteiger partial charge on any atom is 0.435 e. The number of fused-ring (bicyclic) bond motifs is 2. The molecule has 1 unspecified atom stereocenters. The van der Waals surface area contributed by atoms with Gasteiger partial charge in [-0.05, 0) is 54.7 Å². The molecule has 302 valence electrons. The molecule has 0 saturated carbocycles. The van der Waals surface area contributed by atoms with E-state index in [1.165, 1.54) is 10.9 Å².